The molecule has 11 heteroatoms. The monoisotopic (exact) mass is 503 g/mol. The topological polar surface area (TPSA) is 120 Å². The van der Waals surface area contributed by atoms with Gasteiger partial charge in [0.05, 0.1) is 29.0 Å². The number of anilines is 1. The van der Waals surface area contributed by atoms with Gasteiger partial charge in [-0.3, -0.25) is 4.72 Å². The molecule has 0 saturated heterocycles. The maximum atomic E-state index is 14.0. The fraction of sp³-hybridized carbons (Fsp3) is 0.0870. The van der Waals surface area contributed by atoms with Crippen LogP contribution >= 0.6 is 0 Å². The van der Waals surface area contributed by atoms with E-state index in [4.69, 9.17) is 4.42 Å². The number of nitrogens with one attached hydrogen (secondary N) is 1. The molecule has 0 saturated carbocycles. The molecule has 4 rings (SSSR count). The maximum absolute atomic E-state index is 14.0. The van der Waals surface area contributed by atoms with Gasteiger partial charge in [0.2, 0.25) is 5.09 Å². The summed E-state index contributed by atoms with van der Waals surface area (Å²) < 4.78 is 78.0. The van der Waals surface area contributed by atoms with Crippen molar-refractivity contribution in [2.75, 3.05) is 11.8 Å². The Hall–Kier alpha value is -3.70. The average Bonchev–Trinajstić information content (AvgIpc) is 3.24. The van der Waals surface area contributed by atoms with Gasteiger partial charge in [-0.2, -0.15) is 8.42 Å². The van der Waals surface area contributed by atoms with Crippen LogP contribution < -0.4 is 4.72 Å². The first-order valence-corrected chi connectivity index (χ1v) is 12.9. The highest BCUT2D eigenvalue weighted by Gasteiger charge is 2.26. The third-order valence-electron chi connectivity index (χ3n) is 4.92. The van der Waals surface area contributed by atoms with Crippen LogP contribution in [0, 0.1) is 5.82 Å². The van der Waals surface area contributed by atoms with E-state index in [0.717, 1.165) is 18.2 Å². The van der Waals surface area contributed by atoms with Crippen molar-refractivity contribution in [1.29, 1.82) is 0 Å². The van der Waals surface area contributed by atoms with Crippen LogP contribution in [0.15, 0.2) is 87.2 Å². The Morgan fingerprint density at radius 3 is 2.35 bits per heavy atom. The Balaban J connectivity index is 1.66. The lowest BCUT2D eigenvalue weighted by Gasteiger charge is -2.13. The minimum absolute atomic E-state index is 0.240. The first-order chi connectivity index (χ1) is 16.1. The minimum Gasteiger partial charge on any atom is -0.465 e. The number of para-hydroxylation sites is 1. The van der Waals surface area contributed by atoms with Crippen LogP contribution in [0.3, 0.4) is 0 Å². The van der Waals surface area contributed by atoms with E-state index >= 15 is 0 Å². The Kier molecular flexibility index (Phi) is 6.15. The first-order valence-electron chi connectivity index (χ1n) is 9.80. The number of esters is 1. The summed E-state index contributed by atoms with van der Waals surface area (Å²) in [5, 5.41) is 0.0880. The van der Waals surface area contributed by atoms with Crippen LogP contribution in [0.4, 0.5) is 10.1 Å². The third-order valence-corrected chi connectivity index (χ3v) is 7.88. The summed E-state index contributed by atoms with van der Waals surface area (Å²) in [5.74, 6) is -1.92. The summed E-state index contributed by atoms with van der Waals surface area (Å²) in [7, 11) is -7.26. The average molecular weight is 504 g/mol. The molecular formula is C23H18FNO7S2. The Morgan fingerprint density at radius 2 is 1.68 bits per heavy atom. The van der Waals surface area contributed by atoms with E-state index in [1.807, 2.05) is 0 Å². The van der Waals surface area contributed by atoms with Crippen molar-refractivity contribution < 1.29 is 35.2 Å². The Labute approximate surface area is 194 Å². The molecule has 0 spiro atoms. The molecule has 1 heterocycles. The van der Waals surface area contributed by atoms with Crippen LogP contribution in [0.2, 0.25) is 0 Å². The van der Waals surface area contributed by atoms with Crippen molar-refractivity contribution in [3.8, 4) is 0 Å². The SMILES string of the molecule is COC(=O)c1ccc(CS(=O)(=O)c2ccc(F)cc2NS(=O)(=O)c2cc3ccccc3o2)cc1. The largest absolute Gasteiger partial charge is 0.465 e. The van der Waals surface area contributed by atoms with Crippen molar-refractivity contribution in [2.24, 2.45) is 0 Å². The zero-order valence-corrected chi connectivity index (χ0v) is 19.3. The Morgan fingerprint density at radius 1 is 0.971 bits per heavy atom. The number of sulfonamides is 1. The number of sulfone groups is 1. The summed E-state index contributed by atoms with van der Waals surface area (Å²) in [6, 6.07) is 16.3. The number of carbonyl (C=O) groups is 1. The lowest BCUT2D eigenvalue weighted by Crippen LogP contribution is -2.16. The summed E-state index contributed by atoms with van der Waals surface area (Å²) in [4.78, 5) is 11.2. The molecule has 3 aromatic carbocycles. The normalized spacial score (nSPS) is 11.9. The van der Waals surface area contributed by atoms with Crippen molar-refractivity contribution in [2.45, 2.75) is 15.7 Å². The summed E-state index contributed by atoms with van der Waals surface area (Å²) in [6.07, 6.45) is 0. The molecule has 0 bridgehead atoms. The minimum atomic E-state index is -4.36. The van der Waals surface area contributed by atoms with Crippen LogP contribution in [0.5, 0.6) is 0 Å². The van der Waals surface area contributed by atoms with Crippen molar-refractivity contribution >= 4 is 42.5 Å². The molecule has 0 radical (unpaired) electrons. The van der Waals surface area contributed by atoms with Gasteiger partial charge in [-0.15, -0.1) is 0 Å². The lowest BCUT2D eigenvalue weighted by atomic mass is 10.1. The number of rotatable bonds is 7. The molecule has 1 N–H and O–H groups in total. The number of ether oxygens (including phenoxy) is 1. The molecule has 0 unspecified atom stereocenters. The number of carbonyl (C=O) groups excluding carboxylic acids is 1. The van der Waals surface area contributed by atoms with Gasteiger partial charge in [0, 0.05) is 11.5 Å². The second kappa shape index (κ2) is 8.92. The predicted molar refractivity (Wildman–Crippen MR) is 122 cm³/mol. The molecule has 0 aliphatic heterocycles. The van der Waals surface area contributed by atoms with Gasteiger partial charge in [-0.1, -0.05) is 30.3 Å². The third kappa shape index (κ3) is 4.80. The summed E-state index contributed by atoms with van der Waals surface area (Å²) in [6.45, 7) is 0. The molecule has 8 nitrogen and oxygen atoms in total. The number of hydrogen-bond acceptors (Lipinski definition) is 7. The highest BCUT2D eigenvalue weighted by atomic mass is 32.2. The van der Waals surface area contributed by atoms with E-state index in [2.05, 4.69) is 9.46 Å². The van der Waals surface area contributed by atoms with Crippen LogP contribution in [-0.4, -0.2) is 29.9 Å². The van der Waals surface area contributed by atoms with E-state index < -0.39 is 53.1 Å². The highest BCUT2D eigenvalue weighted by molar-refractivity contribution is 7.93. The zero-order valence-electron chi connectivity index (χ0n) is 17.7. The molecule has 0 fully saturated rings. The summed E-state index contributed by atoms with van der Waals surface area (Å²) in [5.41, 5.74) is 0.449. The molecule has 176 valence electrons. The maximum Gasteiger partial charge on any atom is 0.337 e. The highest BCUT2D eigenvalue weighted by Crippen LogP contribution is 2.30. The fourth-order valence-corrected chi connectivity index (χ4v) is 5.90. The van der Waals surface area contributed by atoms with E-state index in [-0.39, 0.29) is 5.56 Å². The standard InChI is InChI=1S/C23H18FNO7S2/c1-31-23(26)16-8-6-15(7-9-16)14-33(27,28)21-11-10-18(24)13-19(21)25-34(29,30)22-12-17-4-2-3-5-20(17)32-22/h2-13,25H,14H2,1H3. The van der Waals surface area contributed by atoms with Crippen molar-refractivity contribution in [3.63, 3.8) is 0 Å². The number of methoxy groups -OCH3 is 1. The second-order valence-electron chi connectivity index (χ2n) is 7.30. The van der Waals surface area contributed by atoms with Gasteiger partial charge in [-0.05, 0) is 42.0 Å². The zero-order chi connectivity index (χ0) is 24.5. The second-order valence-corrected chi connectivity index (χ2v) is 10.9. The van der Waals surface area contributed by atoms with Gasteiger partial charge >= 0.3 is 5.97 Å². The van der Waals surface area contributed by atoms with Gasteiger partial charge in [0.25, 0.3) is 10.0 Å². The van der Waals surface area contributed by atoms with Crippen molar-refractivity contribution in [3.05, 3.63) is 89.7 Å². The molecule has 34 heavy (non-hydrogen) atoms. The van der Waals surface area contributed by atoms with E-state index in [1.165, 1.54) is 37.4 Å². The van der Waals surface area contributed by atoms with Gasteiger partial charge in [0.1, 0.15) is 11.4 Å². The quantitative estimate of drug-likeness (QED) is 0.297. The van der Waals surface area contributed by atoms with Crippen LogP contribution in [0.25, 0.3) is 11.0 Å². The van der Waals surface area contributed by atoms with Gasteiger partial charge in [0.15, 0.2) is 9.84 Å². The molecule has 0 aliphatic carbocycles. The predicted octanol–water partition coefficient (Wildman–Crippen LogP) is 4.13. The number of benzene rings is 3. The van der Waals surface area contributed by atoms with E-state index in [9.17, 15) is 26.0 Å². The van der Waals surface area contributed by atoms with E-state index in [0.29, 0.717) is 16.5 Å². The van der Waals surface area contributed by atoms with Gasteiger partial charge < -0.3 is 9.15 Å². The smallest absolute Gasteiger partial charge is 0.337 e. The first kappa shape index (κ1) is 23.5. The number of halogens is 1. The molecule has 0 amide bonds. The molecule has 4 aromatic rings. The lowest BCUT2D eigenvalue weighted by molar-refractivity contribution is 0.0600. The molecule has 0 atom stereocenters. The summed E-state index contributed by atoms with van der Waals surface area (Å²) >= 11 is 0. The number of furan rings is 1. The van der Waals surface area contributed by atoms with Crippen LogP contribution in [0.1, 0.15) is 15.9 Å². The fourth-order valence-electron chi connectivity index (χ4n) is 3.29. The number of hydrogen-bond donors (Lipinski definition) is 1. The van der Waals surface area contributed by atoms with Crippen LogP contribution in [-0.2, 0) is 30.4 Å². The molecule has 1 aromatic heterocycles. The van der Waals surface area contributed by atoms with E-state index in [1.54, 1.807) is 24.3 Å². The Bertz CT molecular complexity index is 1560. The number of fused-ring (bicyclic) bond motifs is 1. The van der Waals surface area contributed by atoms with Gasteiger partial charge in [-0.25, -0.2) is 17.6 Å². The molecule has 0 aliphatic rings. The van der Waals surface area contributed by atoms with Crippen molar-refractivity contribution in [1.82, 2.24) is 0 Å². The molecular weight excluding hydrogens is 485 g/mol.